The van der Waals surface area contributed by atoms with Crippen molar-refractivity contribution in [2.24, 2.45) is 5.92 Å². The van der Waals surface area contributed by atoms with Crippen LogP contribution in [0.4, 0.5) is 0 Å². The molecule has 1 aromatic rings. The standard InChI is InChI=1S/C17H24BrNO2/c1-3-19-14-9-11(2)5-6-12-13(18)10-15-17(16(12)14)21-8-4-7-20-15/h10-11,14,19H,3-9H2,1-2H3. The highest BCUT2D eigenvalue weighted by Crippen LogP contribution is 2.46. The van der Waals surface area contributed by atoms with E-state index in [-0.39, 0.29) is 0 Å². The number of hydrogen-bond donors (Lipinski definition) is 1. The van der Waals surface area contributed by atoms with E-state index in [1.807, 2.05) is 0 Å². The molecule has 1 aromatic carbocycles. The van der Waals surface area contributed by atoms with Crippen molar-refractivity contribution >= 4 is 15.9 Å². The van der Waals surface area contributed by atoms with Crippen molar-refractivity contribution in [3.8, 4) is 11.5 Å². The highest BCUT2D eigenvalue weighted by atomic mass is 79.9. The molecule has 0 radical (unpaired) electrons. The largest absolute Gasteiger partial charge is 0.490 e. The number of hydrogen-bond acceptors (Lipinski definition) is 3. The second-order valence-corrected chi connectivity index (χ2v) is 6.97. The molecule has 3 rings (SSSR count). The van der Waals surface area contributed by atoms with Gasteiger partial charge in [-0.15, -0.1) is 0 Å². The molecule has 1 aliphatic carbocycles. The molecule has 0 amide bonds. The molecular formula is C17H24BrNO2. The topological polar surface area (TPSA) is 30.5 Å². The summed E-state index contributed by atoms with van der Waals surface area (Å²) in [5.41, 5.74) is 2.72. The molecule has 0 bridgehead atoms. The van der Waals surface area contributed by atoms with Crippen LogP contribution in [-0.4, -0.2) is 19.8 Å². The van der Waals surface area contributed by atoms with Crippen molar-refractivity contribution in [1.82, 2.24) is 5.32 Å². The molecule has 3 nitrogen and oxygen atoms in total. The third-order valence-corrected chi connectivity index (χ3v) is 5.16. The van der Waals surface area contributed by atoms with Crippen LogP contribution in [0.15, 0.2) is 10.5 Å². The average Bonchev–Trinajstić information content (AvgIpc) is 2.77. The number of rotatable bonds is 2. The maximum Gasteiger partial charge on any atom is 0.166 e. The summed E-state index contributed by atoms with van der Waals surface area (Å²) >= 11 is 3.76. The molecule has 0 saturated heterocycles. The first-order valence-corrected chi connectivity index (χ1v) is 8.84. The van der Waals surface area contributed by atoms with Gasteiger partial charge in [0.1, 0.15) is 0 Å². The fraction of sp³-hybridized carbons (Fsp3) is 0.647. The molecule has 1 heterocycles. The lowest BCUT2D eigenvalue weighted by atomic mass is 9.95. The molecule has 1 N–H and O–H groups in total. The second-order valence-electron chi connectivity index (χ2n) is 6.12. The lowest BCUT2D eigenvalue weighted by molar-refractivity contribution is 0.294. The van der Waals surface area contributed by atoms with Crippen LogP contribution < -0.4 is 14.8 Å². The van der Waals surface area contributed by atoms with E-state index in [9.17, 15) is 0 Å². The van der Waals surface area contributed by atoms with Gasteiger partial charge in [-0.2, -0.15) is 0 Å². The molecular weight excluding hydrogens is 330 g/mol. The molecule has 0 aromatic heterocycles. The van der Waals surface area contributed by atoms with Crippen LogP contribution in [0.25, 0.3) is 0 Å². The number of benzene rings is 1. The first-order chi connectivity index (χ1) is 10.2. The van der Waals surface area contributed by atoms with Crippen LogP contribution in [0.3, 0.4) is 0 Å². The summed E-state index contributed by atoms with van der Waals surface area (Å²) in [5, 5.41) is 3.65. The summed E-state index contributed by atoms with van der Waals surface area (Å²) in [6, 6.07) is 2.45. The minimum Gasteiger partial charge on any atom is -0.490 e. The van der Waals surface area contributed by atoms with Crippen LogP contribution in [0.2, 0.25) is 0 Å². The molecule has 116 valence electrons. The van der Waals surface area contributed by atoms with Crippen LogP contribution in [0.1, 0.15) is 50.3 Å². The van der Waals surface area contributed by atoms with Gasteiger partial charge in [0.25, 0.3) is 0 Å². The number of halogens is 1. The first kappa shape index (κ1) is 15.2. The molecule has 4 heteroatoms. The van der Waals surface area contributed by atoms with Gasteiger partial charge in [-0.25, -0.2) is 0 Å². The predicted molar refractivity (Wildman–Crippen MR) is 88.3 cm³/mol. The van der Waals surface area contributed by atoms with Gasteiger partial charge in [-0.1, -0.05) is 29.8 Å². The summed E-state index contributed by atoms with van der Waals surface area (Å²) in [5.74, 6) is 2.59. The second kappa shape index (κ2) is 6.57. The Morgan fingerprint density at radius 1 is 1.33 bits per heavy atom. The van der Waals surface area contributed by atoms with E-state index in [2.05, 4.69) is 41.2 Å². The summed E-state index contributed by atoms with van der Waals surface area (Å²) in [4.78, 5) is 0. The van der Waals surface area contributed by atoms with Gasteiger partial charge in [0.15, 0.2) is 11.5 Å². The highest BCUT2D eigenvalue weighted by Gasteiger charge is 2.30. The fourth-order valence-corrected chi connectivity index (χ4v) is 4.04. The minimum absolute atomic E-state index is 0.357. The zero-order valence-corrected chi connectivity index (χ0v) is 14.5. The van der Waals surface area contributed by atoms with Crippen LogP contribution in [0.5, 0.6) is 11.5 Å². The van der Waals surface area contributed by atoms with E-state index in [0.717, 1.165) is 56.4 Å². The fourth-order valence-electron chi connectivity index (χ4n) is 3.42. The molecule has 2 aliphatic rings. The van der Waals surface area contributed by atoms with Gasteiger partial charge in [0, 0.05) is 22.5 Å². The van der Waals surface area contributed by atoms with E-state index in [4.69, 9.17) is 9.47 Å². The van der Waals surface area contributed by atoms with Gasteiger partial charge in [-0.3, -0.25) is 0 Å². The Morgan fingerprint density at radius 3 is 2.95 bits per heavy atom. The first-order valence-electron chi connectivity index (χ1n) is 8.05. The predicted octanol–water partition coefficient (Wildman–Crippen LogP) is 4.23. The molecule has 2 unspecified atom stereocenters. The zero-order valence-electron chi connectivity index (χ0n) is 12.9. The van der Waals surface area contributed by atoms with Crippen LogP contribution in [0, 0.1) is 5.92 Å². The third-order valence-electron chi connectivity index (χ3n) is 4.46. The van der Waals surface area contributed by atoms with Gasteiger partial charge in [-0.05, 0) is 43.4 Å². The van der Waals surface area contributed by atoms with E-state index in [1.165, 1.54) is 22.0 Å². The Hall–Kier alpha value is -0.740. The number of ether oxygens (including phenoxy) is 2. The Kier molecular flexibility index (Phi) is 4.75. The maximum absolute atomic E-state index is 6.08. The monoisotopic (exact) mass is 353 g/mol. The molecule has 2 atom stereocenters. The summed E-state index contributed by atoms with van der Waals surface area (Å²) in [7, 11) is 0. The Bertz CT molecular complexity index is 518. The van der Waals surface area contributed by atoms with Gasteiger partial charge >= 0.3 is 0 Å². The summed E-state index contributed by atoms with van der Waals surface area (Å²) in [6.45, 7) is 6.97. The molecule has 1 aliphatic heterocycles. The van der Waals surface area contributed by atoms with E-state index >= 15 is 0 Å². The van der Waals surface area contributed by atoms with Gasteiger partial charge in [0.05, 0.1) is 13.2 Å². The smallest absolute Gasteiger partial charge is 0.166 e. The van der Waals surface area contributed by atoms with Crippen molar-refractivity contribution in [3.05, 3.63) is 21.7 Å². The lowest BCUT2D eigenvalue weighted by Gasteiger charge is -2.24. The Balaban J connectivity index is 2.13. The van der Waals surface area contributed by atoms with E-state index in [0.29, 0.717) is 6.04 Å². The van der Waals surface area contributed by atoms with Crippen molar-refractivity contribution in [1.29, 1.82) is 0 Å². The minimum atomic E-state index is 0.357. The quantitative estimate of drug-likeness (QED) is 0.806. The Morgan fingerprint density at radius 2 is 2.14 bits per heavy atom. The third kappa shape index (κ3) is 3.07. The molecule has 0 fully saturated rings. The molecule has 0 spiro atoms. The van der Waals surface area contributed by atoms with Crippen molar-refractivity contribution in [2.75, 3.05) is 19.8 Å². The van der Waals surface area contributed by atoms with Gasteiger partial charge < -0.3 is 14.8 Å². The van der Waals surface area contributed by atoms with Crippen molar-refractivity contribution in [3.63, 3.8) is 0 Å². The molecule has 21 heavy (non-hydrogen) atoms. The SMILES string of the molecule is CCNC1CC(C)CCc2c(Br)cc3c(c21)OCCCO3. The highest BCUT2D eigenvalue weighted by molar-refractivity contribution is 9.10. The van der Waals surface area contributed by atoms with E-state index in [1.54, 1.807) is 0 Å². The lowest BCUT2D eigenvalue weighted by Crippen LogP contribution is -2.23. The Labute approximate surface area is 135 Å². The normalized spacial score (nSPS) is 24.9. The summed E-state index contributed by atoms with van der Waals surface area (Å²) < 4.78 is 13.2. The average molecular weight is 354 g/mol. The molecule has 0 saturated carbocycles. The van der Waals surface area contributed by atoms with Crippen molar-refractivity contribution in [2.45, 2.75) is 45.6 Å². The number of fused-ring (bicyclic) bond motifs is 3. The van der Waals surface area contributed by atoms with E-state index < -0.39 is 0 Å². The number of nitrogens with one attached hydrogen (secondary N) is 1. The van der Waals surface area contributed by atoms with Crippen LogP contribution >= 0.6 is 15.9 Å². The zero-order chi connectivity index (χ0) is 14.8. The van der Waals surface area contributed by atoms with Crippen molar-refractivity contribution < 1.29 is 9.47 Å². The maximum atomic E-state index is 6.08. The van der Waals surface area contributed by atoms with Crippen LogP contribution in [-0.2, 0) is 6.42 Å². The van der Waals surface area contributed by atoms with Gasteiger partial charge in [0.2, 0.25) is 0 Å². The summed E-state index contributed by atoms with van der Waals surface area (Å²) in [6.07, 6.45) is 4.44.